The fourth-order valence-electron chi connectivity index (χ4n) is 3.30. The Hall–Kier alpha value is -1.57. The largest absolute Gasteiger partial charge is 0.377 e. The molecule has 7 heteroatoms. The van der Waals surface area contributed by atoms with Crippen molar-refractivity contribution in [3.8, 4) is 0 Å². The summed E-state index contributed by atoms with van der Waals surface area (Å²) in [5, 5.41) is 1.66. The predicted octanol–water partition coefficient (Wildman–Crippen LogP) is 4.18. The van der Waals surface area contributed by atoms with Gasteiger partial charge in [-0.15, -0.1) is 4.13 Å². The zero-order valence-corrected chi connectivity index (χ0v) is 18.7. The molecule has 0 aliphatic carbocycles. The molecule has 0 spiro atoms. The highest BCUT2D eigenvalue weighted by molar-refractivity contribution is 8.09. The van der Waals surface area contributed by atoms with E-state index >= 15 is 0 Å². The highest BCUT2D eigenvalue weighted by Crippen LogP contribution is 2.31. The molecule has 2 aromatic carbocycles. The maximum atomic E-state index is 13.3. The first-order chi connectivity index (χ1) is 13.2. The van der Waals surface area contributed by atoms with Crippen LogP contribution < -0.4 is 9.03 Å². The monoisotopic (exact) mass is 424 g/mol. The standard InChI is InChI=1S/C21H32N2O3S2/c1-5-6-7-8-9-12-17-28(25,26)22-27(4,24)21-16-15-20(23(2)3)18-13-10-11-14-19(18)21/h10-11,13-16H,4-9,12,17H2,1-3H3,(H,22,24). The topological polar surface area (TPSA) is 66.5 Å². The minimum atomic E-state index is -3.67. The minimum Gasteiger partial charge on any atom is -0.377 e. The molecule has 1 unspecified atom stereocenters. The smallest absolute Gasteiger partial charge is 0.222 e. The third-order valence-electron chi connectivity index (χ3n) is 4.73. The van der Waals surface area contributed by atoms with Crippen molar-refractivity contribution < 1.29 is 12.6 Å². The summed E-state index contributed by atoms with van der Waals surface area (Å²) >= 11 is 0. The number of benzene rings is 2. The van der Waals surface area contributed by atoms with Crippen molar-refractivity contribution in [2.75, 3.05) is 24.7 Å². The summed E-state index contributed by atoms with van der Waals surface area (Å²) in [7, 11) is -3.00. The Kier molecular flexibility index (Phi) is 7.92. The molecule has 0 amide bonds. The van der Waals surface area contributed by atoms with Crippen LogP contribution in [0, 0.1) is 0 Å². The number of rotatable bonds is 11. The van der Waals surface area contributed by atoms with Crippen molar-refractivity contribution in [1.29, 1.82) is 0 Å². The van der Waals surface area contributed by atoms with Crippen LogP contribution in [0.3, 0.4) is 0 Å². The van der Waals surface area contributed by atoms with Gasteiger partial charge in [-0.2, -0.15) is 0 Å². The molecule has 28 heavy (non-hydrogen) atoms. The van der Waals surface area contributed by atoms with Crippen LogP contribution in [0.1, 0.15) is 45.4 Å². The SMILES string of the molecule is C=S(=O)(NS(=O)(=O)CCCCCCCC)c1ccc(N(C)C)c2ccccc12. The molecule has 0 bridgehead atoms. The summed E-state index contributed by atoms with van der Waals surface area (Å²) < 4.78 is 40.6. The molecule has 0 heterocycles. The molecule has 1 atom stereocenters. The lowest BCUT2D eigenvalue weighted by molar-refractivity contribution is 0.580. The summed E-state index contributed by atoms with van der Waals surface area (Å²) in [5.74, 6) is 3.71. The second-order valence-corrected chi connectivity index (χ2v) is 11.5. The van der Waals surface area contributed by atoms with Gasteiger partial charge >= 0.3 is 0 Å². The lowest BCUT2D eigenvalue weighted by atomic mass is 10.1. The number of nitrogens with one attached hydrogen (secondary N) is 1. The molecule has 5 nitrogen and oxygen atoms in total. The molecule has 0 aliphatic heterocycles. The van der Waals surface area contributed by atoms with Gasteiger partial charge in [0, 0.05) is 30.6 Å². The third-order valence-corrected chi connectivity index (χ3v) is 8.71. The van der Waals surface area contributed by atoms with Crippen molar-refractivity contribution in [3.63, 3.8) is 0 Å². The summed E-state index contributed by atoms with van der Waals surface area (Å²) in [4.78, 5) is 2.39. The number of unbranched alkanes of at least 4 members (excludes halogenated alkanes) is 5. The summed E-state index contributed by atoms with van der Waals surface area (Å²) in [6.07, 6.45) is 5.91. The summed E-state index contributed by atoms with van der Waals surface area (Å²) in [6.45, 7) is 2.15. The summed E-state index contributed by atoms with van der Waals surface area (Å²) in [5.41, 5.74) is 0.976. The van der Waals surface area contributed by atoms with Crippen molar-refractivity contribution in [3.05, 3.63) is 36.4 Å². The van der Waals surface area contributed by atoms with Crippen LogP contribution in [0.15, 0.2) is 41.3 Å². The molecule has 0 saturated heterocycles. The van der Waals surface area contributed by atoms with Gasteiger partial charge < -0.3 is 4.90 Å². The second-order valence-electron chi connectivity index (χ2n) is 7.37. The van der Waals surface area contributed by atoms with Gasteiger partial charge in [0.05, 0.1) is 20.4 Å². The van der Waals surface area contributed by atoms with Crippen LogP contribution in [-0.4, -0.2) is 38.3 Å². The maximum Gasteiger partial charge on any atom is 0.222 e. The molecule has 2 aromatic rings. The zero-order valence-electron chi connectivity index (χ0n) is 17.1. The molecule has 0 aliphatic rings. The summed E-state index contributed by atoms with van der Waals surface area (Å²) in [6, 6.07) is 11.1. The molecular formula is C21H32N2O3S2. The van der Waals surface area contributed by atoms with E-state index < -0.39 is 19.7 Å². The van der Waals surface area contributed by atoms with Crippen LogP contribution >= 0.6 is 0 Å². The van der Waals surface area contributed by atoms with E-state index in [1.807, 2.05) is 49.3 Å². The van der Waals surface area contributed by atoms with Crippen molar-refractivity contribution >= 4 is 42.1 Å². The molecule has 1 N–H and O–H groups in total. The van der Waals surface area contributed by atoms with Crippen LogP contribution in [0.5, 0.6) is 0 Å². The molecule has 0 radical (unpaired) electrons. The van der Waals surface area contributed by atoms with Gasteiger partial charge in [-0.3, -0.25) is 0 Å². The van der Waals surface area contributed by atoms with Crippen LogP contribution in [0.2, 0.25) is 0 Å². The van der Waals surface area contributed by atoms with Gasteiger partial charge in [-0.1, -0.05) is 63.3 Å². The molecular weight excluding hydrogens is 392 g/mol. The highest BCUT2D eigenvalue weighted by Gasteiger charge is 2.20. The van der Waals surface area contributed by atoms with E-state index in [-0.39, 0.29) is 5.75 Å². The Balaban J connectivity index is 2.20. The molecule has 0 saturated carbocycles. The van der Waals surface area contributed by atoms with Crippen LogP contribution in [0.25, 0.3) is 10.8 Å². The molecule has 156 valence electrons. The van der Waals surface area contributed by atoms with Gasteiger partial charge in [0.15, 0.2) is 0 Å². The first-order valence-corrected chi connectivity index (χ1v) is 13.1. The number of nitrogens with zero attached hydrogens (tertiary/aromatic N) is 1. The highest BCUT2D eigenvalue weighted by atomic mass is 32.3. The van der Waals surface area contributed by atoms with Crippen molar-refractivity contribution in [2.45, 2.75) is 50.3 Å². The van der Waals surface area contributed by atoms with E-state index in [0.717, 1.165) is 42.1 Å². The third kappa shape index (κ3) is 5.96. The Morgan fingerprint density at radius 3 is 2.14 bits per heavy atom. The average molecular weight is 425 g/mol. The minimum absolute atomic E-state index is 0.0284. The lowest BCUT2D eigenvalue weighted by Crippen LogP contribution is -2.32. The van der Waals surface area contributed by atoms with E-state index in [4.69, 9.17) is 0 Å². The number of fused-ring (bicyclic) bond motifs is 1. The number of sulfonamides is 1. The number of hydrogen-bond acceptors (Lipinski definition) is 4. The Morgan fingerprint density at radius 1 is 0.893 bits per heavy atom. The maximum absolute atomic E-state index is 13.3. The van der Waals surface area contributed by atoms with Gasteiger partial charge in [0.2, 0.25) is 10.0 Å². The number of anilines is 1. The second kappa shape index (κ2) is 9.76. The molecule has 2 rings (SSSR count). The van der Waals surface area contributed by atoms with Crippen LogP contribution in [-0.2, 0) is 19.7 Å². The number of hydrogen-bond donors (Lipinski definition) is 1. The van der Waals surface area contributed by atoms with Gasteiger partial charge in [0.1, 0.15) is 0 Å². The Bertz CT molecular complexity index is 997. The average Bonchev–Trinajstić information content (AvgIpc) is 2.62. The fraction of sp³-hybridized carbons (Fsp3) is 0.476. The van der Waals surface area contributed by atoms with Gasteiger partial charge in [-0.05, 0) is 24.4 Å². The quantitative estimate of drug-likeness (QED) is 0.434. The van der Waals surface area contributed by atoms with E-state index in [9.17, 15) is 12.6 Å². The van der Waals surface area contributed by atoms with Gasteiger partial charge in [0.25, 0.3) is 0 Å². The van der Waals surface area contributed by atoms with Crippen LogP contribution in [0.4, 0.5) is 5.69 Å². The van der Waals surface area contributed by atoms with Crippen molar-refractivity contribution in [1.82, 2.24) is 4.13 Å². The Labute approximate surface area is 170 Å². The first-order valence-electron chi connectivity index (χ1n) is 9.75. The van der Waals surface area contributed by atoms with E-state index in [1.54, 1.807) is 6.07 Å². The first kappa shape index (κ1) is 22.7. The van der Waals surface area contributed by atoms with Crippen molar-refractivity contribution in [2.24, 2.45) is 0 Å². The zero-order chi connectivity index (χ0) is 20.8. The van der Waals surface area contributed by atoms with Gasteiger partial charge in [-0.25, -0.2) is 12.6 Å². The Morgan fingerprint density at radius 2 is 1.50 bits per heavy atom. The van der Waals surface area contributed by atoms with E-state index in [2.05, 4.69) is 16.9 Å². The molecule has 0 aromatic heterocycles. The molecule has 0 fully saturated rings. The van der Waals surface area contributed by atoms with E-state index in [0.29, 0.717) is 11.3 Å². The normalized spacial score (nSPS) is 14.1. The predicted molar refractivity (Wildman–Crippen MR) is 122 cm³/mol. The fourth-order valence-corrected chi connectivity index (χ4v) is 7.04. The van der Waals surface area contributed by atoms with E-state index in [1.165, 1.54) is 6.42 Å². The lowest BCUT2D eigenvalue weighted by Gasteiger charge is -2.19.